The van der Waals surface area contributed by atoms with Crippen molar-refractivity contribution in [3.05, 3.63) is 98.5 Å². The fourth-order valence-corrected chi connectivity index (χ4v) is 3.28. The Morgan fingerprint density at radius 1 is 1.09 bits per heavy atom. The largest absolute Gasteiger partial charge is 0.348 e. The zero-order chi connectivity index (χ0) is 24.1. The van der Waals surface area contributed by atoms with Crippen LogP contribution in [0.15, 0.2) is 53.3 Å². The number of nitriles is 1. The lowest BCUT2D eigenvalue weighted by molar-refractivity contribution is -0.116. The summed E-state index contributed by atoms with van der Waals surface area (Å²) in [5.74, 6) is -2.51. The first-order chi connectivity index (χ1) is 15.7. The predicted octanol–water partition coefficient (Wildman–Crippen LogP) is 3.18. The number of anilines is 1. The summed E-state index contributed by atoms with van der Waals surface area (Å²) in [7, 11) is 0. The lowest BCUT2D eigenvalue weighted by Crippen LogP contribution is -2.31. The number of rotatable bonds is 6. The van der Waals surface area contributed by atoms with Gasteiger partial charge in [0.2, 0.25) is 5.91 Å². The van der Waals surface area contributed by atoms with Crippen LogP contribution in [0.5, 0.6) is 0 Å². The van der Waals surface area contributed by atoms with Crippen LogP contribution in [0.1, 0.15) is 32.7 Å². The van der Waals surface area contributed by atoms with E-state index in [1.807, 2.05) is 6.07 Å². The molecule has 0 saturated heterocycles. The second-order valence-corrected chi connectivity index (χ2v) is 7.39. The maximum atomic E-state index is 13.7. The Labute approximate surface area is 188 Å². The summed E-state index contributed by atoms with van der Waals surface area (Å²) in [6.07, 6.45) is 0. The van der Waals surface area contributed by atoms with E-state index in [9.17, 15) is 28.4 Å². The maximum Gasteiger partial charge on any atom is 0.269 e. The predicted molar refractivity (Wildman–Crippen MR) is 117 cm³/mol. The van der Waals surface area contributed by atoms with E-state index < -0.39 is 29.0 Å². The Kier molecular flexibility index (Phi) is 6.98. The van der Waals surface area contributed by atoms with Crippen LogP contribution in [0.2, 0.25) is 0 Å². The Hall–Kier alpha value is -4.32. The number of halogens is 2. The number of hydrogen-bond acceptors (Lipinski definition) is 4. The number of carbonyl (C=O) groups is 2. The highest BCUT2D eigenvalue weighted by Gasteiger charge is 2.14. The molecule has 33 heavy (non-hydrogen) atoms. The van der Waals surface area contributed by atoms with Crippen LogP contribution < -0.4 is 16.2 Å². The van der Waals surface area contributed by atoms with Gasteiger partial charge in [0.1, 0.15) is 29.8 Å². The topological polar surface area (TPSA) is 104 Å². The molecule has 1 heterocycles. The van der Waals surface area contributed by atoms with Crippen molar-refractivity contribution in [1.82, 2.24) is 9.88 Å². The summed E-state index contributed by atoms with van der Waals surface area (Å²) >= 11 is 0. The van der Waals surface area contributed by atoms with Gasteiger partial charge in [0.25, 0.3) is 11.5 Å². The van der Waals surface area contributed by atoms with Crippen molar-refractivity contribution in [2.24, 2.45) is 0 Å². The highest BCUT2D eigenvalue weighted by atomic mass is 19.1. The molecular weight excluding hydrogens is 430 g/mol. The first-order valence-corrected chi connectivity index (χ1v) is 9.92. The molecule has 0 aliphatic rings. The molecular formula is C24H20F2N4O3. The highest BCUT2D eigenvalue weighted by Crippen LogP contribution is 2.13. The average molecular weight is 450 g/mol. The molecule has 3 rings (SSSR count). The van der Waals surface area contributed by atoms with Gasteiger partial charge < -0.3 is 15.2 Å². The van der Waals surface area contributed by atoms with E-state index in [2.05, 4.69) is 10.6 Å². The first-order valence-electron chi connectivity index (χ1n) is 9.92. The molecule has 0 aliphatic heterocycles. The summed E-state index contributed by atoms with van der Waals surface area (Å²) in [6.45, 7) is 2.87. The van der Waals surface area contributed by atoms with Gasteiger partial charge in [-0.1, -0.05) is 12.1 Å². The molecule has 1 aromatic heterocycles. The Morgan fingerprint density at radius 2 is 1.85 bits per heavy atom. The van der Waals surface area contributed by atoms with Crippen LogP contribution in [0.25, 0.3) is 0 Å². The number of nitrogens with zero attached hydrogens (tertiary/aromatic N) is 2. The molecule has 2 N–H and O–H groups in total. The molecule has 0 saturated carbocycles. The third kappa shape index (κ3) is 5.49. The number of aromatic nitrogens is 1. The lowest BCUT2D eigenvalue weighted by atomic mass is 10.1. The monoisotopic (exact) mass is 450 g/mol. The van der Waals surface area contributed by atoms with Crippen LogP contribution in [0.4, 0.5) is 14.5 Å². The standard InChI is InChI=1S/C24H20F2N4O3/c1-14-8-15(2)30(24(33)20(14)11-27)13-22(31)29-19-5-3-4-16(9-19)23(32)28-12-17-6-7-18(25)10-21(17)26/h3-10H,12-13H2,1-2H3,(H,28,32)(H,29,31). The Balaban J connectivity index is 1.69. The molecule has 2 amide bonds. The molecule has 0 bridgehead atoms. The second-order valence-electron chi connectivity index (χ2n) is 7.39. The van der Waals surface area contributed by atoms with Gasteiger partial charge in [-0.2, -0.15) is 5.26 Å². The fraction of sp³-hybridized carbons (Fsp3) is 0.167. The molecule has 0 unspecified atom stereocenters. The summed E-state index contributed by atoms with van der Waals surface area (Å²) in [6, 6.07) is 12.7. The molecule has 2 aromatic carbocycles. The van der Waals surface area contributed by atoms with Gasteiger partial charge >= 0.3 is 0 Å². The third-order valence-electron chi connectivity index (χ3n) is 4.98. The summed E-state index contributed by atoms with van der Waals surface area (Å²) in [5, 5.41) is 14.3. The molecule has 7 nitrogen and oxygen atoms in total. The van der Waals surface area contributed by atoms with Crippen LogP contribution >= 0.6 is 0 Å². The van der Waals surface area contributed by atoms with E-state index in [1.54, 1.807) is 32.0 Å². The number of benzene rings is 2. The molecule has 9 heteroatoms. The van der Waals surface area contributed by atoms with Gasteiger partial charge in [0, 0.05) is 35.1 Å². The van der Waals surface area contributed by atoms with Crippen molar-refractivity contribution in [3.8, 4) is 6.07 Å². The van der Waals surface area contributed by atoms with E-state index in [1.165, 1.54) is 22.8 Å². The minimum atomic E-state index is -0.766. The number of hydrogen-bond donors (Lipinski definition) is 2. The van der Waals surface area contributed by atoms with E-state index in [4.69, 9.17) is 0 Å². The number of amides is 2. The number of carbonyl (C=O) groups excluding carboxylic acids is 2. The Bertz CT molecular complexity index is 1340. The van der Waals surface area contributed by atoms with Crippen molar-refractivity contribution >= 4 is 17.5 Å². The quantitative estimate of drug-likeness (QED) is 0.602. The van der Waals surface area contributed by atoms with Crippen LogP contribution in [-0.2, 0) is 17.9 Å². The van der Waals surface area contributed by atoms with Gasteiger partial charge in [-0.25, -0.2) is 8.78 Å². The van der Waals surface area contributed by atoms with Crippen LogP contribution in [0, 0.1) is 36.8 Å². The average Bonchev–Trinajstić information content (AvgIpc) is 2.76. The van der Waals surface area contributed by atoms with E-state index >= 15 is 0 Å². The number of nitrogens with one attached hydrogen (secondary N) is 2. The maximum absolute atomic E-state index is 13.7. The molecule has 0 atom stereocenters. The van der Waals surface area contributed by atoms with E-state index in [0.717, 1.165) is 12.1 Å². The Morgan fingerprint density at radius 3 is 2.55 bits per heavy atom. The van der Waals surface area contributed by atoms with Crippen molar-refractivity contribution in [3.63, 3.8) is 0 Å². The summed E-state index contributed by atoms with van der Waals surface area (Å²) < 4.78 is 27.9. The second kappa shape index (κ2) is 9.87. The molecule has 0 radical (unpaired) electrons. The SMILES string of the molecule is Cc1cc(C)n(CC(=O)Nc2cccc(C(=O)NCc3ccc(F)cc3F)c2)c(=O)c1C#N. The molecule has 0 aliphatic carbocycles. The summed E-state index contributed by atoms with van der Waals surface area (Å²) in [5.41, 5.74) is 1.16. The van der Waals surface area contributed by atoms with Gasteiger partial charge in [-0.15, -0.1) is 0 Å². The zero-order valence-corrected chi connectivity index (χ0v) is 17.9. The molecule has 0 fully saturated rings. The highest BCUT2D eigenvalue weighted by molar-refractivity contribution is 5.97. The minimum Gasteiger partial charge on any atom is -0.348 e. The van der Waals surface area contributed by atoms with Gasteiger partial charge in [0.05, 0.1) is 0 Å². The molecule has 168 valence electrons. The third-order valence-corrected chi connectivity index (χ3v) is 4.98. The smallest absolute Gasteiger partial charge is 0.269 e. The molecule has 3 aromatic rings. The zero-order valence-electron chi connectivity index (χ0n) is 17.9. The van der Waals surface area contributed by atoms with Crippen LogP contribution in [0.3, 0.4) is 0 Å². The van der Waals surface area contributed by atoms with E-state index in [-0.39, 0.29) is 29.8 Å². The van der Waals surface area contributed by atoms with Crippen molar-refractivity contribution in [2.45, 2.75) is 26.9 Å². The normalized spacial score (nSPS) is 10.4. The van der Waals surface area contributed by atoms with Crippen molar-refractivity contribution in [2.75, 3.05) is 5.32 Å². The van der Waals surface area contributed by atoms with E-state index in [0.29, 0.717) is 16.9 Å². The van der Waals surface area contributed by atoms with Gasteiger partial charge in [0.15, 0.2) is 0 Å². The van der Waals surface area contributed by atoms with Gasteiger partial charge in [-0.3, -0.25) is 14.4 Å². The van der Waals surface area contributed by atoms with Crippen molar-refractivity contribution < 1.29 is 18.4 Å². The molecule has 0 spiro atoms. The first kappa shape index (κ1) is 23.3. The number of pyridine rings is 1. The van der Waals surface area contributed by atoms with Crippen molar-refractivity contribution in [1.29, 1.82) is 5.26 Å². The number of aryl methyl sites for hydroxylation is 2. The summed E-state index contributed by atoms with van der Waals surface area (Å²) in [4.78, 5) is 37.4. The fourth-order valence-electron chi connectivity index (χ4n) is 3.28. The lowest BCUT2D eigenvalue weighted by Gasteiger charge is -2.13. The van der Waals surface area contributed by atoms with Gasteiger partial charge in [-0.05, 0) is 49.7 Å². The van der Waals surface area contributed by atoms with Crippen LogP contribution in [-0.4, -0.2) is 16.4 Å². The minimum absolute atomic E-state index is 0.0235.